The summed E-state index contributed by atoms with van der Waals surface area (Å²) < 4.78 is 10.9. The molecule has 0 saturated carbocycles. The molecular formula is C26H19Cl2N3O6. The molecule has 1 aliphatic heterocycles. The van der Waals surface area contributed by atoms with Gasteiger partial charge in [0.25, 0.3) is 17.7 Å². The fourth-order valence-electron chi connectivity index (χ4n) is 3.48. The van der Waals surface area contributed by atoms with E-state index in [1.165, 1.54) is 55.7 Å². The Bertz CT molecular complexity index is 1420. The van der Waals surface area contributed by atoms with Gasteiger partial charge in [-0.3, -0.25) is 19.7 Å². The summed E-state index contributed by atoms with van der Waals surface area (Å²) in [6.45, 7) is -0.384. The van der Waals surface area contributed by atoms with Crippen LogP contribution in [0.25, 0.3) is 6.08 Å². The van der Waals surface area contributed by atoms with Crippen LogP contribution in [0.3, 0.4) is 0 Å². The second-order valence-electron chi connectivity index (χ2n) is 7.65. The minimum Gasteiger partial charge on any atom is -0.495 e. The molecule has 0 unspecified atom stereocenters. The zero-order chi connectivity index (χ0) is 26.5. The number of anilines is 2. The van der Waals surface area contributed by atoms with Gasteiger partial charge in [-0.1, -0.05) is 35.3 Å². The number of ether oxygens (including phenoxy) is 2. The fourth-order valence-corrected chi connectivity index (χ4v) is 3.79. The molecule has 0 radical (unpaired) electrons. The first kappa shape index (κ1) is 25.7. The highest BCUT2D eigenvalue weighted by Crippen LogP contribution is 2.29. The summed E-state index contributed by atoms with van der Waals surface area (Å²) >= 11 is 12.0. The Hall–Kier alpha value is -4.34. The number of para-hydroxylation sites is 2. The Morgan fingerprint density at radius 1 is 0.973 bits per heavy atom. The molecule has 1 aliphatic rings. The summed E-state index contributed by atoms with van der Waals surface area (Å²) in [7, 11) is 1.49. The van der Waals surface area contributed by atoms with E-state index in [0.717, 1.165) is 4.90 Å². The van der Waals surface area contributed by atoms with E-state index >= 15 is 0 Å². The van der Waals surface area contributed by atoms with Crippen LogP contribution in [-0.4, -0.2) is 37.5 Å². The average molecular weight is 540 g/mol. The van der Waals surface area contributed by atoms with Gasteiger partial charge in [-0.05, 0) is 60.7 Å². The number of amides is 5. The first-order chi connectivity index (χ1) is 17.8. The molecule has 3 aromatic rings. The summed E-state index contributed by atoms with van der Waals surface area (Å²) in [5, 5.41) is 5.54. The van der Waals surface area contributed by atoms with E-state index in [2.05, 4.69) is 10.6 Å². The maximum absolute atomic E-state index is 13.2. The topological polar surface area (TPSA) is 114 Å². The molecule has 188 valence electrons. The number of nitrogens with one attached hydrogen (secondary N) is 2. The Kier molecular flexibility index (Phi) is 7.76. The Morgan fingerprint density at radius 3 is 2.41 bits per heavy atom. The lowest BCUT2D eigenvalue weighted by molar-refractivity contribution is -0.122. The van der Waals surface area contributed by atoms with Gasteiger partial charge in [0.15, 0.2) is 6.61 Å². The number of methoxy groups -OCH3 is 1. The molecule has 1 fully saturated rings. The van der Waals surface area contributed by atoms with Crippen LogP contribution in [0.2, 0.25) is 10.0 Å². The highest BCUT2D eigenvalue weighted by Gasteiger charge is 2.37. The van der Waals surface area contributed by atoms with Crippen molar-refractivity contribution >= 4 is 64.4 Å². The van der Waals surface area contributed by atoms with E-state index in [4.69, 9.17) is 32.7 Å². The van der Waals surface area contributed by atoms with Crippen molar-refractivity contribution in [1.29, 1.82) is 0 Å². The molecule has 0 aromatic heterocycles. The summed E-state index contributed by atoms with van der Waals surface area (Å²) in [4.78, 5) is 51.4. The average Bonchev–Trinajstić information content (AvgIpc) is 2.87. The van der Waals surface area contributed by atoms with Crippen LogP contribution >= 0.6 is 23.2 Å². The zero-order valence-corrected chi connectivity index (χ0v) is 20.8. The van der Waals surface area contributed by atoms with Crippen LogP contribution < -0.4 is 25.0 Å². The Labute approximate surface area is 221 Å². The van der Waals surface area contributed by atoms with Crippen molar-refractivity contribution < 1.29 is 28.7 Å². The van der Waals surface area contributed by atoms with Gasteiger partial charge in [-0.2, -0.15) is 0 Å². The lowest BCUT2D eigenvalue weighted by atomic mass is 10.1. The van der Waals surface area contributed by atoms with Gasteiger partial charge in [-0.15, -0.1) is 0 Å². The van der Waals surface area contributed by atoms with E-state index in [-0.39, 0.29) is 29.2 Å². The monoisotopic (exact) mass is 539 g/mol. The number of halogens is 2. The van der Waals surface area contributed by atoms with Crippen molar-refractivity contribution in [1.82, 2.24) is 5.32 Å². The highest BCUT2D eigenvalue weighted by molar-refractivity contribution is 6.39. The third-order valence-corrected chi connectivity index (χ3v) is 5.69. The molecule has 9 nitrogen and oxygen atoms in total. The number of benzene rings is 3. The predicted molar refractivity (Wildman–Crippen MR) is 139 cm³/mol. The van der Waals surface area contributed by atoms with Crippen LogP contribution in [0.15, 0.2) is 72.3 Å². The minimum absolute atomic E-state index is 0.183. The Balaban J connectivity index is 1.58. The molecule has 2 N–H and O–H groups in total. The number of rotatable bonds is 7. The van der Waals surface area contributed by atoms with Crippen molar-refractivity contribution in [3.05, 3.63) is 87.9 Å². The molecule has 0 bridgehead atoms. The molecule has 3 aromatic carbocycles. The van der Waals surface area contributed by atoms with E-state index in [1.807, 2.05) is 0 Å². The first-order valence-electron chi connectivity index (χ1n) is 10.8. The maximum atomic E-state index is 13.2. The number of carbonyl (C=O) groups excluding carboxylic acids is 4. The summed E-state index contributed by atoms with van der Waals surface area (Å²) in [6.07, 6.45) is 1.24. The lowest BCUT2D eigenvalue weighted by Gasteiger charge is -2.26. The molecule has 0 atom stereocenters. The number of imide groups is 2. The summed E-state index contributed by atoms with van der Waals surface area (Å²) in [5.74, 6) is -1.54. The van der Waals surface area contributed by atoms with Crippen molar-refractivity contribution in [2.45, 2.75) is 0 Å². The van der Waals surface area contributed by atoms with Crippen LogP contribution in [0.1, 0.15) is 5.56 Å². The van der Waals surface area contributed by atoms with Gasteiger partial charge >= 0.3 is 6.03 Å². The third-order valence-electron chi connectivity index (χ3n) is 5.20. The van der Waals surface area contributed by atoms with Crippen molar-refractivity contribution in [2.24, 2.45) is 0 Å². The quantitative estimate of drug-likeness (QED) is 0.332. The minimum atomic E-state index is -0.898. The highest BCUT2D eigenvalue weighted by atomic mass is 35.5. The van der Waals surface area contributed by atoms with E-state index in [1.54, 1.807) is 24.3 Å². The molecule has 5 amide bonds. The van der Waals surface area contributed by atoms with Crippen LogP contribution in [-0.2, 0) is 14.4 Å². The lowest BCUT2D eigenvalue weighted by Crippen LogP contribution is -2.54. The van der Waals surface area contributed by atoms with Crippen LogP contribution in [0.4, 0.5) is 16.2 Å². The first-order valence-corrected chi connectivity index (χ1v) is 11.5. The van der Waals surface area contributed by atoms with Crippen molar-refractivity contribution in [3.8, 4) is 11.5 Å². The molecule has 37 heavy (non-hydrogen) atoms. The summed E-state index contributed by atoms with van der Waals surface area (Å²) in [6, 6.07) is 16.4. The number of hydrogen-bond acceptors (Lipinski definition) is 6. The second kappa shape index (κ2) is 11.2. The molecule has 1 saturated heterocycles. The number of hydrogen-bond donors (Lipinski definition) is 2. The summed E-state index contributed by atoms with van der Waals surface area (Å²) in [5.41, 5.74) is 0.607. The van der Waals surface area contributed by atoms with Crippen LogP contribution in [0, 0.1) is 0 Å². The largest absolute Gasteiger partial charge is 0.495 e. The van der Waals surface area contributed by atoms with Crippen LogP contribution in [0.5, 0.6) is 11.5 Å². The molecule has 11 heteroatoms. The second-order valence-corrected chi connectivity index (χ2v) is 8.53. The van der Waals surface area contributed by atoms with Gasteiger partial charge < -0.3 is 14.8 Å². The van der Waals surface area contributed by atoms with Gasteiger partial charge in [0.2, 0.25) is 0 Å². The predicted octanol–water partition coefficient (Wildman–Crippen LogP) is 4.69. The molecule has 4 rings (SSSR count). The van der Waals surface area contributed by atoms with E-state index in [0.29, 0.717) is 21.5 Å². The van der Waals surface area contributed by atoms with Crippen molar-refractivity contribution in [2.75, 3.05) is 23.9 Å². The maximum Gasteiger partial charge on any atom is 0.335 e. The fraction of sp³-hybridized carbons (Fsp3) is 0.0769. The zero-order valence-electron chi connectivity index (χ0n) is 19.3. The smallest absolute Gasteiger partial charge is 0.335 e. The van der Waals surface area contributed by atoms with E-state index in [9.17, 15) is 19.2 Å². The third kappa shape index (κ3) is 5.91. The number of urea groups is 1. The van der Waals surface area contributed by atoms with Gasteiger partial charge in [0.1, 0.15) is 17.1 Å². The van der Waals surface area contributed by atoms with E-state index < -0.39 is 23.8 Å². The number of barbiturate groups is 1. The van der Waals surface area contributed by atoms with Crippen molar-refractivity contribution in [3.63, 3.8) is 0 Å². The Morgan fingerprint density at radius 2 is 1.68 bits per heavy atom. The van der Waals surface area contributed by atoms with Gasteiger partial charge in [0, 0.05) is 15.6 Å². The van der Waals surface area contributed by atoms with Gasteiger partial charge in [0.05, 0.1) is 18.5 Å². The molecule has 0 aliphatic carbocycles. The van der Waals surface area contributed by atoms with Gasteiger partial charge in [-0.25, -0.2) is 9.69 Å². The molecule has 0 spiro atoms. The normalized spacial score (nSPS) is 14.4. The SMILES string of the molecule is COc1ccccc1NC(=O)COc1ccc(Cl)cc1/C=C1/C(=O)NC(=O)N(c2ccc(Cl)cc2)C1=O. The number of carbonyl (C=O) groups is 4. The molecular weight excluding hydrogens is 521 g/mol. The standard InChI is InChI=1S/C26H19Cl2N3O6/c1-36-22-5-3-2-4-20(22)29-23(32)14-37-21-11-8-17(28)12-15(21)13-19-24(33)30-26(35)31(25(19)34)18-9-6-16(27)7-10-18/h2-13H,14H2,1H3,(H,29,32)(H,30,33,35)/b19-13-. The molecule has 1 heterocycles. The number of nitrogens with zero attached hydrogens (tertiary/aromatic N) is 1.